The van der Waals surface area contributed by atoms with Crippen molar-refractivity contribution in [2.24, 2.45) is 28.6 Å². The van der Waals surface area contributed by atoms with Crippen LogP contribution in [0.1, 0.15) is 115 Å². The van der Waals surface area contributed by atoms with Crippen LogP contribution in [0.25, 0.3) is 10.9 Å². The second kappa shape index (κ2) is 21.0. The minimum atomic E-state index is -1.86. The topological polar surface area (TPSA) is 245 Å². The second-order valence-electron chi connectivity index (χ2n) is 20.5. The number of fused-ring (bicyclic) bond motifs is 6. The molecular weight excluding hydrogens is 930 g/mol. The lowest BCUT2D eigenvalue weighted by molar-refractivity contribution is -0.184. The highest BCUT2D eigenvalue weighted by atomic mass is 19.1. The number of carbonyl (C=O) groups excluding carboxylic acids is 6. The van der Waals surface area contributed by atoms with Gasteiger partial charge in [-0.25, -0.2) is 14.0 Å². The van der Waals surface area contributed by atoms with Crippen LogP contribution in [0.4, 0.5) is 14.9 Å². The van der Waals surface area contributed by atoms with E-state index in [9.17, 15) is 43.8 Å². The predicted molar refractivity (Wildman–Crippen MR) is 250 cm³/mol. The molecule has 2 heterocycles. The SMILES string of the molecule is CCOC(=O)OCC(COCOC(=O)c1cn(C2CC2)c2c(OC)c(N3CCNC(C)C3)c(F)cc2c1=O)OC(=O)CCC(=O)OCC(=O)[C@@]1(O)CC[C@H]2[C@@H]3CCC4=CC(=O)CC[C@]4(C)[C@H]3[C@@H](O)C[C@@]21C. The number of hydrogen-bond acceptors (Lipinski definition) is 18. The molecule has 2 unspecified atom stereocenters. The van der Waals surface area contributed by atoms with Crippen LogP contribution in [0.5, 0.6) is 5.75 Å². The van der Waals surface area contributed by atoms with E-state index in [4.69, 9.17) is 33.2 Å². The third-order valence-corrected chi connectivity index (χ3v) is 16.2. The number of piperazine rings is 1. The van der Waals surface area contributed by atoms with Gasteiger partial charge < -0.3 is 58.2 Å². The molecule has 6 aliphatic rings. The highest BCUT2D eigenvalue weighted by molar-refractivity contribution is 5.98. The van der Waals surface area contributed by atoms with Crippen molar-refractivity contribution in [2.75, 3.05) is 64.9 Å². The Bertz CT molecular complexity index is 2530. The lowest BCUT2D eigenvalue weighted by Crippen LogP contribution is -2.62. The first-order valence-electron chi connectivity index (χ1n) is 24.8. The summed E-state index contributed by atoms with van der Waals surface area (Å²) in [7, 11) is 1.41. The molecule has 1 aromatic carbocycles. The first kappa shape index (κ1) is 51.9. The van der Waals surface area contributed by atoms with Gasteiger partial charge in [-0.05, 0) is 101 Å². The Kier molecular flexibility index (Phi) is 15.3. The number of rotatable bonds is 18. The number of hydrogen-bond donors (Lipinski definition) is 3. The van der Waals surface area contributed by atoms with E-state index in [0.717, 1.165) is 30.9 Å². The molecule has 0 amide bonds. The summed E-state index contributed by atoms with van der Waals surface area (Å²) < 4.78 is 54.7. The van der Waals surface area contributed by atoms with E-state index in [-0.39, 0.29) is 82.9 Å². The summed E-state index contributed by atoms with van der Waals surface area (Å²) in [5.41, 5.74) is -2.66. The molecule has 0 radical (unpaired) electrons. The first-order chi connectivity index (χ1) is 33.8. The van der Waals surface area contributed by atoms with Crippen LogP contribution in [-0.4, -0.2) is 134 Å². The van der Waals surface area contributed by atoms with Crippen molar-refractivity contribution in [3.8, 4) is 5.75 Å². The van der Waals surface area contributed by atoms with Crippen molar-refractivity contribution in [3.63, 3.8) is 0 Å². The summed E-state index contributed by atoms with van der Waals surface area (Å²) >= 11 is 0. The number of halogens is 1. The Morgan fingerprint density at radius 2 is 1.73 bits per heavy atom. The zero-order valence-electron chi connectivity index (χ0n) is 41.1. The number of ketones is 2. The van der Waals surface area contributed by atoms with Crippen LogP contribution < -0.4 is 20.4 Å². The van der Waals surface area contributed by atoms with Crippen molar-refractivity contribution in [3.05, 3.63) is 45.5 Å². The van der Waals surface area contributed by atoms with E-state index in [2.05, 4.69) is 12.2 Å². The number of benzene rings is 1. The molecule has 0 bridgehead atoms. The normalized spacial score (nSPS) is 29.5. The van der Waals surface area contributed by atoms with Gasteiger partial charge in [-0.1, -0.05) is 19.4 Å². The number of methoxy groups -OCH3 is 1. The molecule has 0 spiro atoms. The standard InChI is InChI=1S/C51H66FN3O16/c1-6-67-48(63)69-25-32(24-66-27-70-47(62)35-23-55(30-8-9-30)43-34(45(35)61)20-37(52)44(46(43)65-5)54-18-17-53-28(2)22-54)71-41(60)12-11-40(59)68-26-39(58)51(64)16-14-36-33-10-7-29-19-31(56)13-15-49(29,3)42(33)38(57)21-50(36,51)4/h19-20,23,28,30,32-33,36,38,42,53,57,64H,6-18,21-22,24-27H2,1-5H3/t28?,32?,33-,36-,38-,42+,49-,50-,51-/m0/s1. The molecule has 71 heavy (non-hydrogen) atoms. The number of nitrogens with one attached hydrogen (secondary N) is 1. The molecule has 20 heteroatoms. The van der Waals surface area contributed by atoms with Gasteiger partial charge in [0.2, 0.25) is 11.2 Å². The highest BCUT2D eigenvalue weighted by Gasteiger charge is 2.68. The van der Waals surface area contributed by atoms with Crippen LogP contribution in [0, 0.1) is 34.4 Å². The molecule has 1 aliphatic heterocycles. The number of ether oxygens (including phenoxy) is 7. The van der Waals surface area contributed by atoms with Crippen LogP contribution in [0.3, 0.4) is 0 Å². The number of esters is 3. The molecule has 1 saturated heterocycles. The van der Waals surface area contributed by atoms with E-state index in [1.807, 2.05) is 18.7 Å². The fraction of sp³-hybridized carbons (Fsp3) is 0.667. The number of aliphatic hydroxyl groups is 2. The Morgan fingerprint density at radius 1 is 0.972 bits per heavy atom. The van der Waals surface area contributed by atoms with Gasteiger partial charge in [-0.15, -0.1) is 0 Å². The Hall–Kier alpha value is -5.44. The number of aliphatic hydroxyl groups excluding tert-OH is 1. The van der Waals surface area contributed by atoms with Crippen LogP contribution in [0.2, 0.25) is 0 Å². The quantitative estimate of drug-likeness (QED) is 0.0798. The minimum absolute atomic E-state index is 0.00409. The molecule has 1 aromatic heterocycles. The van der Waals surface area contributed by atoms with E-state index in [0.29, 0.717) is 50.8 Å². The largest absolute Gasteiger partial charge is 0.508 e. The minimum Gasteiger partial charge on any atom is -0.492 e. The highest BCUT2D eigenvalue weighted by Crippen LogP contribution is 2.67. The molecule has 3 N–H and O–H groups in total. The van der Waals surface area contributed by atoms with Gasteiger partial charge in [0.1, 0.15) is 23.5 Å². The summed E-state index contributed by atoms with van der Waals surface area (Å²) in [6, 6.07) is 1.13. The average Bonchev–Trinajstić information content (AvgIpc) is 4.14. The summed E-state index contributed by atoms with van der Waals surface area (Å²) in [5, 5.41) is 27.0. The Morgan fingerprint density at radius 3 is 2.45 bits per heavy atom. The number of Topliss-reactive ketones (excluding diaryl/α,β-unsaturated/α-hetero) is 1. The van der Waals surface area contributed by atoms with Crippen molar-refractivity contribution in [1.29, 1.82) is 0 Å². The number of aromatic nitrogens is 1. The zero-order valence-corrected chi connectivity index (χ0v) is 41.1. The molecule has 4 saturated carbocycles. The fourth-order valence-electron chi connectivity index (χ4n) is 12.6. The second-order valence-corrected chi connectivity index (χ2v) is 20.5. The van der Waals surface area contributed by atoms with E-state index >= 15 is 4.39 Å². The van der Waals surface area contributed by atoms with Gasteiger partial charge in [-0.3, -0.25) is 24.0 Å². The van der Waals surface area contributed by atoms with Gasteiger partial charge in [0.25, 0.3) is 0 Å². The van der Waals surface area contributed by atoms with Gasteiger partial charge in [0, 0.05) is 49.8 Å². The number of anilines is 1. The van der Waals surface area contributed by atoms with Crippen molar-refractivity contribution in [2.45, 2.75) is 128 Å². The maximum atomic E-state index is 15.9. The fourth-order valence-corrected chi connectivity index (χ4v) is 12.6. The summed E-state index contributed by atoms with van der Waals surface area (Å²) in [5.74, 6) is -4.14. The molecule has 9 atom stereocenters. The Balaban J connectivity index is 0.846. The van der Waals surface area contributed by atoms with Gasteiger partial charge >= 0.3 is 24.1 Å². The van der Waals surface area contributed by atoms with Crippen molar-refractivity contribution < 1.29 is 76.5 Å². The molecular formula is C51H66FN3O16. The molecule has 19 nitrogen and oxygen atoms in total. The van der Waals surface area contributed by atoms with Gasteiger partial charge in [0.05, 0.1) is 50.2 Å². The number of allylic oxidation sites excluding steroid dienone is 1. The summed E-state index contributed by atoms with van der Waals surface area (Å²) in [4.78, 5) is 93.0. The molecule has 388 valence electrons. The number of pyridine rings is 1. The maximum Gasteiger partial charge on any atom is 0.508 e. The summed E-state index contributed by atoms with van der Waals surface area (Å²) in [6.45, 7) is 6.62. The summed E-state index contributed by atoms with van der Waals surface area (Å²) in [6.07, 6.45) is 3.82. The van der Waals surface area contributed by atoms with E-state index in [1.165, 1.54) is 13.3 Å². The Labute approximate surface area is 410 Å². The number of nitrogens with zero attached hydrogens (tertiary/aromatic N) is 2. The van der Waals surface area contributed by atoms with E-state index in [1.54, 1.807) is 17.6 Å². The molecule has 5 aliphatic carbocycles. The smallest absolute Gasteiger partial charge is 0.492 e. The molecule has 8 rings (SSSR count). The van der Waals surface area contributed by atoms with Gasteiger partial charge in [0.15, 0.2) is 36.9 Å². The van der Waals surface area contributed by atoms with Crippen LogP contribution in [0.15, 0.2) is 28.7 Å². The zero-order chi connectivity index (χ0) is 51.0. The predicted octanol–water partition coefficient (Wildman–Crippen LogP) is 4.62. The molecule has 5 fully saturated rings. The number of carbonyl (C=O) groups is 6. The maximum absolute atomic E-state index is 15.9. The van der Waals surface area contributed by atoms with Crippen LogP contribution >= 0.6 is 0 Å². The monoisotopic (exact) mass is 995 g/mol. The van der Waals surface area contributed by atoms with Gasteiger partial charge in [-0.2, -0.15) is 0 Å². The van der Waals surface area contributed by atoms with Crippen molar-refractivity contribution in [1.82, 2.24) is 9.88 Å². The van der Waals surface area contributed by atoms with E-state index < -0.39 is 104 Å². The van der Waals surface area contributed by atoms with Crippen LogP contribution in [-0.2, 0) is 47.6 Å². The average molecular weight is 996 g/mol. The lowest BCUT2D eigenvalue weighted by atomic mass is 9.45. The molecule has 2 aromatic rings. The third kappa shape index (κ3) is 10.2. The lowest BCUT2D eigenvalue weighted by Gasteiger charge is -2.60. The third-order valence-electron chi connectivity index (χ3n) is 16.2. The van der Waals surface area contributed by atoms with Crippen molar-refractivity contribution >= 4 is 52.2 Å². The first-order valence-corrected chi connectivity index (χ1v) is 24.8.